The Morgan fingerprint density at radius 1 is 1.33 bits per heavy atom. The van der Waals surface area contributed by atoms with Crippen molar-refractivity contribution in [2.24, 2.45) is 5.73 Å². The van der Waals surface area contributed by atoms with E-state index in [1.54, 1.807) is 12.1 Å². The summed E-state index contributed by atoms with van der Waals surface area (Å²) in [5.41, 5.74) is 5.88. The highest BCUT2D eigenvalue weighted by Gasteiger charge is 2.16. The van der Waals surface area contributed by atoms with Gasteiger partial charge in [-0.15, -0.1) is 0 Å². The molecule has 1 aliphatic rings. The van der Waals surface area contributed by atoms with Crippen LogP contribution in [0.2, 0.25) is 5.02 Å². The molecule has 0 saturated heterocycles. The number of carbonyl (C=O) groups is 1. The minimum atomic E-state index is -0.112. The molecule has 0 aliphatic carbocycles. The van der Waals surface area contributed by atoms with Crippen LogP contribution in [0.1, 0.15) is 12.8 Å². The van der Waals surface area contributed by atoms with Crippen LogP contribution in [0.5, 0.6) is 11.5 Å². The molecule has 1 heterocycles. The van der Waals surface area contributed by atoms with E-state index in [9.17, 15) is 4.79 Å². The van der Waals surface area contributed by atoms with Crippen LogP contribution in [-0.4, -0.2) is 25.7 Å². The first-order valence-electron chi connectivity index (χ1n) is 5.80. The van der Waals surface area contributed by atoms with Gasteiger partial charge in [-0.05, 0) is 13.0 Å². The Hall–Kier alpha value is -1.46. The first-order chi connectivity index (χ1) is 8.70. The Balaban J connectivity index is 2.10. The van der Waals surface area contributed by atoms with E-state index >= 15 is 0 Å². The molecular formula is C12H15ClN2O3. The standard InChI is InChI=1S/C12H15ClN2O3/c13-8-6-10-11(18-5-4-17-10)7-9(8)15-12(16)2-1-3-14/h6-7H,1-5,14H2,(H,15,16). The third-order valence-electron chi connectivity index (χ3n) is 2.51. The Bertz CT molecular complexity index is 451. The Morgan fingerprint density at radius 2 is 2.00 bits per heavy atom. The lowest BCUT2D eigenvalue weighted by molar-refractivity contribution is -0.116. The molecule has 0 radical (unpaired) electrons. The predicted molar refractivity (Wildman–Crippen MR) is 69.4 cm³/mol. The summed E-state index contributed by atoms with van der Waals surface area (Å²) < 4.78 is 10.8. The highest BCUT2D eigenvalue weighted by atomic mass is 35.5. The maximum Gasteiger partial charge on any atom is 0.224 e. The lowest BCUT2D eigenvalue weighted by atomic mass is 10.2. The quantitative estimate of drug-likeness (QED) is 0.875. The zero-order valence-electron chi connectivity index (χ0n) is 9.87. The van der Waals surface area contributed by atoms with Crippen molar-refractivity contribution in [2.45, 2.75) is 12.8 Å². The molecule has 6 heteroatoms. The van der Waals surface area contributed by atoms with Gasteiger partial charge in [-0.3, -0.25) is 4.79 Å². The van der Waals surface area contributed by atoms with Gasteiger partial charge in [-0.2, -0.15) is 0 Å². The molecular weight excluding hydrogens is 256 g/mol. The number of carbonyl (C=O) groups excluding carboxylic acids is 1. The smallest absolute Gasteiger partial charge is 0.224 e. The van der Waals surface area contributed by atoms with Crippen LogP contribution in [-0.2, 0) is 4.79 Å². The molecule has 1 aromatic carbocycles. The first kappa shape index (κ1) is 13.0. The minimum Gasteiger partial charge on any atom is -0.486 e. The van der Waals surface area contributed by atoms with Crippen molar-refractivity contribution < 1.29 is 14.3 Å². The summed E-state index contributed by atoms with van der Waals surface area (Å²) in [5, 5.41) is 3.16. The van der Waals surface area contributed by atoms with Crippen LogP contribution in [0.4, 0.5) is 5.69 Å². The summed E-state index contributed by atoms with van der Waals surface area (Å²) in [7, 11) is 0. The molecule has 5 nitrogen and oxygen atoms in total. The molecule has 0 spiro atoms. The molecule has 3 N–H and O–H groups in total. The third-order valence-corrected chi connectivity index (χ3v) is 2.83. The summed E-state index contributed by atoms with van der Waals surface area (Å²) >= 11 is 6.06. The van der Waals surface area contributed by atoms with Crippen LogP contribution in [0.15, 0.2) is 12.1 Å². The zero-order valence-corrected chi connectivity index (χ0v) is 10.6. The SMILES string of the molecule is NCCCC(=O)Nc1cc2c(cc1Cl)OCCO2. The van der Waals surface area contributed by atoms with Gasteiger partial charge in [-0.1, -0.05) is 11.6 Å². The summed E-state index contributed by atoms with van der Waals surface area (Å²) in [6, 6.07) is 3.33. The van der Waals surface area contributed by atoms with Gasteiger partial charge < -0.3 is 20.5 Å². The molecule has 0 bridgehead atoms. The fourth-order valence-electron chi connectivity index (χ4n) is 1.64. The molecule has 0 unspecified atom stereocenters. The number of fused-ring (bicyclic) bond motifs is 1. The lowest BCUT2D eigenvalue weighted by Crippen LogP contribution is -2.17. The van der Waals surface area contributed by atoms with E-state index in [1.165, 1.54) is 0 Å². The van der Waals surface area contributed by atoms with E-state index in [0.717, 1.165) is 0 Å². The lowest BCUT2D eigenvalue weighted by Gasteiger charge is -2.20. The third kappa shape index (κ3) is 3.05. The molecule has 0 atom stereocenters. The number of amides is 1. The van der Waals surface area contributed by atoms with Crippen molar-refractivity contribution in [1.82, 2.24) is 0 Å². The number of halogens is 1. The van der Waals surface area contributed by atoms with Crippen LogP contribution >= 0.6 is 11.6 Å². The number of rotatable bonds is 4. The first-order valence-corrected chi connectivity index (χ1v) is 6.17. The number of hydrogen-bond acceptors (Lipinski definition) is 4. The number of nitrogens with one attached hydrogen (secondary N) is 1. The van der Waals surface area contributed by atoms with Gasteiger partial charge in [0.25, 0.3) is 0 Å². The van der Waals surface area contributed by atoms with E-state index in [1.807, 2.05) is 0 Å². The highest BCUT2D eigenvalue weighted by Crippen LogP contribution is 2.37. The Morgan fingerprint density at radius 3 is 2.67 bits per heavy atom. The van der Waals surface area contributed by atoms with Gasteiger partial charge in [-0.25, -0.2) is 0 Å². The van der Waals surface area contributed by atoms with E-state index in [-0.39, 0.29) is 5.91 Å². The Labute approximate surface area is 110 Å². The molecule has 1 aliphatic heterocycles. The molecule has 0 fully saturated rings. The molecule has 1 amide bonds. The summed E-state index contributed by atoms with van der Waals surface area (Å²) in [6.45, 7) is 1.49. The normalized spacial score (nSPS) is 13.2. The number of benzene rings is 1. The Kier molecular flexibility index (Phi) is 4.28. The highest BCUT2D eigenvalue weighted by molar-refractivity contribution is 6.34. The van der Waals surface area contributed by atoms with E-state index in [2.05, 4.69) is 5.32 Å². The second-order valence-electron chi connectivity index (χ2n) is 3.92. The summed E-state index contributed by atoms with van der Waals surface area (Å²) in [5.74, 6) is 1.09. The van der Waals surface area contributed by atoms with Gasteiger partial charge in [0.05, 0.1) is 10.7 Å². The molecule has 0 aromatic heterocycles. The predicted octanol–water partition coefficient (Wildman–Crippen LogP) is 1.79. The number of anilines is 1. The van der Waals surface area contributed by atoms with Crippen molar-refractivity contribution in [3.63, 3.8) is 0 Å². The topological polar surface area (TPSA) is 73.6 Å². The second kappa shape index (κ2) is 5.93. The maximum atomic E-state index is 11.6. The average Bonchev–Trinajstić information content (AvgIpc) is 2.37. The fourth-order valence-corrected chi connectivity index (χ4v) is 1.84. The van der Waals surface area contributed by atoms with E-state index in [0.29, 0.717) is 54.8 Å². The maximum absolute atomic E-state index is 11.6. The minimum absolute atomic E-state index is 0.112. The number of nitrogens with two attached hydrogens (primary N) is 1. The van der Waals surface area contributed by atoms with Gasteiger partial charge >= 0.3 is 0 Å². The van der Waals surface area contributed by atoms with E-state index < -0.39 is 0 Å². The van der Waals surface area contributed by atoms with Crippen LogP contribution in [0.3, 0.4) is 0 Å². The molecule has 2 rings (SSSR count). The number of ether oxygens (including phenoxy) is 2. The van der Waals surface area contributed by atoms with Gasteiger partial charge in [0.2, 0.25) is 5.91 Å². The second-order valence-corrected chi connectivity index (χ2v) is 4.32. The van der Waals surface area contributed by atoms with E-state index in [4.69, 9.17) is 26.8 Å². The largest absolute Gasteiger partial charge is 0.486 e. The number of hydrogen-bond donors (Lipinski definition) is 2. The van der Waals surface area contributed by atoms with Crippen LogP contribution < -0.4 is 20.5 Å². The fraction of sp³-hybridized carbons (Fsp3) is 0.417. The average molecular weight is 271 g/mol. The van der Waals surface area contributed by atoms with Gasteiger partial charge in [0.15, 0.2) is 11.5 Å². The zero-order chi connectivity index (χ0) is 13.0. The molecule has 1 aromatic rings. The van der Waals surface area contributed by atoms with Crippen molar-refractivity contribution in [2.75, 3.05) is 25.1 Å². The monoisotopic (exact) mass is 270 g/mol. The molecule has 18 heavy (non-hydrogen) atoms. The molecule has 0 saturated carbocycles. The van der Waals surface area contributed by atoms with Gasteiger partial charge in [0.1, 0.15) is 13.2 Å². The van der Waals surface area contributed by atoms with Crippen molar-refractivity contribution in [3.8, 4) is 11.5 Å². The van der Waals surface area contributed by atoms with Crippen LogP contribution in [0, 0.1) is 0 Å². The summed E-state index contributed by atoms with van der Waals surface area (Å²) in [6.07, 6.45) is 1.02. The van der Waals surface area contributed by atoms with Crippen LogP contribution in [0.25, 0.3) is 0 Å². The molecule has 98 valence electrons. The van der Waals surface area contributed by atoms with Crippen molar-refractivity contribution in [1.29, 1.82) is 0 Å². The van der Waals surface area contributed by atoms with Crippen molar-refractivity contribution >= 4 is 23.2 Å². The van der Waals surface area contributed by atoms with Crippen molar-refractivity contribution in [3.05, 3.63) is 17.2 Å². The summed E-state index contributed by atoms with van der Waals surface area (Å²) in [4.78, 5) is 11.6. The van der Waals surface area contributed by atoms with Gasteiger partial charge in [0, 0.05) is 18.6 Å².